The molecule has 9 nitrogen and oxygen atoms in total. The van der Waals surface area contributed by atoms with Crippen LogP contribution in [0.4, 0.5) is 0 Å². The van der Waals surface area contributed by atoms with E-state index in [1.807, 2.05) is 29.9 Å². The molecule has 2 saturated heterocycles. The third-order valence-electron chi connectivity index (χ3n) is 9.91. The Balaban J connectivity index is 1.35. The predicted molar refractivity (Wildman–Crippen MR) is 191 cm³/mol. The van der Waals surface area contributed by atoms with E-state index >= 15 is 0 Å². The normalized spacial score (nSPS) is 21.9. The predicted octanol–water partition coefficient (Wildman–Crippen LogP) is 7.97. The number of fused-ring (bicyclic) bond motifs is 3. The second kappa shape index (κ2) is 12.6. The second-order valence-corrected chi connectivity index (χ2v) is 26.4. The minimum absolute atomic E-state index is 0.0671. The smallest absolute Gasteiger partial charge is 0.217 e. The molecule has 2 aliphatic heterocycles. The number of nitrogens with zero attached hydrogens (tertiary/aromatic N) is 4. The van der Waals surface area contributed by atoms with Gasteiger partial charge in [0.1, 0.15) is 36.1 Å². The number of hydrogen-bond donors (Lipinski definition) is 0. The van der Waals surface area contributed by atoms with Gasteiger partial charge in [-0.05, 0) is 48.4 Å². The zero-order valence-electron chi connectivity index (χ0n) is 29.0. The molecule has 0 saturated carbocycles. The molecular weight excluding hydrogens is 648 g/mol. The molecular formula is C35H47ClN4O5Si2. The van der Waals surface area contributed by atoms with E-state index in [0.29, 0.717) is 53.0 Å². The number of ether oxygens (including phenoxy) is 4. The first-order chi connectivity index (χ1) is 22.1. The van der Waals surface area contributed by atoms with Gasteiger partial charge in [0, 0.05) is 44.4 Å². The molecule has 0 radical (unpaired) electrons. The summed E-state index contributed by atoms with van der Waals surface area (Å²) in [4.78, 5) is 5.01. The van der Waals surface area contributed by atoms with E-state index < -0.39 is 22.5 Å². The molecule has 0 bridgehead atoms. The molecule has 0 unspecified atom stereocenters. The Morgan fingerprint density at radius 2 is 1.72 bits per heavy atom. The van der Waals surface area contributed by atoms with Crippen LogP contribution >= 0.6 is 11.6 Å². The summed E-state index contributed by atoms with van der Waals surface area (Å²) in [7, 11) is -1.33. The van der Waals surface area contributed by atoms with Crippen molar-refractivity contribution in [3.8, 4) is 23.2 Å². The van der Waals surface area contributed by atoms with Gasteiger partial charge in [0.05, 0.1) is 35.6 Å². The average molecular weight is 695 g/mol. The SMILES string of the molecule is Cn1ccc2cc(-c3nc4c(C#N)c(O[C@@H]5CO[C@H]6[C@@H]5OC[C@H]6O[Si](C)(C)C(C)(C)C)n(COCC[Si](C)(C)C)c4cc3Cl)ccc21. The minimum Gasteiger partial charge on any atom is -0.469 e. The van der Waals surface area contributed by atoms with Crippen LogP contribution in [0, 0.1) is 11.3 Å². The van der Waals surface area contributed by atoms with Crippen molar-refractivity contribution in [1.29, 1.82) is 5.26 Å². The molecule has 252 valence electrons. The summed E-state index contributed by atoms with van der Waals surface area (Å²) in [5.74, 6) is 0.390. The van der Waals surface area contributed by atoms with E-state index in [4.69, 9.17) is 40.0 Å². The highest BCUT2D eigenvalue weighted by atomic mass is 35.5. The van der Waals surface area contributed by atoms with Crippen LogP contribution in [0.1, 0.15) is 26.3 Å². The van der Waals surface area contributed by atoms with Gasteiger partial charge in [-0.1, -0.05) is 58.1 Å². The lowest BCUT2D eigenvalue weighted by Gasteiger charge is -2.39. The maximum absolute atomic E-state index is 10.6. The lowest BCUT2D eigenvalue weighted by molar-refractivity contribution is 0.00849. The number of aryl methyl sites for hydroxylation is 1. The molecule has 1 aromatic carbocycles. The van der Waals surface area contributed by atoms with Crippen LogP contribution in [-0.4, -0.2) is 74.7 Å². The van der Waals surface area contributed by atoms with Gasteiger partial charge in [-0.15, -0.1) is 0 Å². The van der Waals surface area contributed by atoms with E-state index in [0.717, 1.165) is 22.5 Å². The Bertz CT molecular complexity index is 1830. The van der Waals surface area contributed by atoms with Crippen molar-refractivity contribution in [1.82, 2.24) is 14.1 Å². The number of rotatable bonds is 10. The maximum atomic E-state index is 10.6. The zero-order chi connectivity index (χ0) is 33.9. The van der Waals surface area contributed by atoms with Gasteiger partial charge >= 0.3 is 0 Å². The van der Waals surface area contributed by atoms with Gasteiger partial charge in [-0.3, -0.25) is 4.57 Å². The summed E-state index contributed by atoms with van der Waals surface area (Å²) in [6, 6.07) is 13.5. The van der Waals surface area contributed by atoms with Gasteiger partial charge in [-0.2, -0.15) is 5.26 Å². The lowest BCUT2D eigenvalue weighted by atomic mass is 10.1. The van der Waals surface area contributed by atoms with Crippen molar-refractivity contribution in [2.75, 3.05) is 19.8 Å². The molecule has 0 N–H and O–H groups in total. The molecule has 47 heavy (non-hydrogen) atoms. The van der Waals surface area contributed by atoms with E-state index in [2.05, 4.69) is 82.3 Å². The molecule has 2 fully saturated rings. The van der Waals surface area contributed by atoms with Crippen LogP contribution < -0.4 is 4.74 Å². The van der Waals surface area contributed by atoms with Crippen molar-refractivity contribution < 1.29 is 23.4 Å². The van der Waals surface area contributed by atoms with Crippen molar-refractivity contribution in [2.24, 2.45) is 7.05 Å². The highest BCUT2D eigenvalue weighted by Gasteiger charge is 2.52. The fraction of sp³-hybridized carbons (Fsp3) is 0.543. The number of benzene rings is 1. The molecule has 3 aromatic heterocycles. The summed E-state index contributed by atoms with van der Waals surface area (Å²) in [6.07, 6.45) is 0.878. The largest absolute Gasteiger partial charge is 0.469 e. The summed E-state index contributed by atoms with van der Waals surface area (Å²) < 4.78 is 36.2. The van der Waals surface area contributed by atoms with Gasteiger partial charge in [-0.25, -0.2) is 4.98 Å². The van der Waals surface area contributed by atoms with E-state index in [1.54, 1.807) is 0 Å². The van der Waals surface area contributed by atoms with Crippen LogP contribution in [0.15, 0.2) is 36.5 Å². The second-order valence-electron chi connectivity index (χ2n) is 15.6. The van der Waals surface area contributed by atoms with Crippen LogP contribution in [0.3, 0.4) is 0 Å². The van der Waals surface area contributed by atoms with Crippen LogP contribution in [-0.2, 0) is 32.4 Å². The quantitative estimate of drug-likeness (QED) is 0.123. The first-order valence-electron chi connectivity index (χ1n) is 16.4. The Labute approximate surface area is 284 Å². The van der Waals surface area contributed by atoms with Crippen molar-refractivity contribution in [2.45, 2.75) is 95.7 Å². The van der Waals surface area contributed by atoms with Crippen molar-refractivity contribution in [3.63, 3.8) is 0 Å². The monoisotopic (exact) mass is 694 g/mol. The molecule has 12 heteroatoms. The molecule has 2 aliphatic rings. The van der Waals surface area contributed by atoms with Crippen molar-refractivity contribution >= 4 is 49.9 Å². The van der Waals surface area contributed by atoms with Crippen molar-refractivity contribution in [3.05, 3.63) is 47.1 Å². The molecule has 0 aliphatic carbocycles. The van der Waals surface area contributed by atoms with Gasteiger partial charge in [0.2, 0.25) is 5.88 Å². The average Bonchev–Trinajstić information content (AvgIpc) is 3.73. The minimum atomic E-state index is -2.04. The van der Waals surface area contributed by atoms with E-state index in [1.165, 1.54) is 0 Å². The Morgan fingerprint density at radius 1 is 1.02 bits per heavy atom. The lowest BCUT2D eigenvalue weighted by Crippen LogP contribution is -2.47. The summed E-state index contributed by atoms with van der Waals surface area (Å²) in [5, 5.41) is 12.2. The molecule has 6 rings (SSSR count). The molecule has 0 amide bonds. The van der Waals surface area contributed by atoms with Gasteiger partial charge in [0.15, 0.2) is 14.4 Å². The number of pyridine rings is 1. The number of hydrogen-bond acceptors (Lipinski definition) is 7. The number of halogens is 1. The Hall–Kier alpha value is -2.70. The highest BCUT2D eigenvalue weighted by molar-refractivity contribution is 6.76. The summed E-state index contributed by atoms with van der Waals surface area (Å²) >= 11 is 6.95. The van der Waals surface area contributed by atoms with E-state index in [-0.39, 0.29) is 30.1 Å². The Kier molecular flexibility index (Phi) is 9.19. The molecule has 4 atom stereocenters. The number of nitriles is 1. The first kappa shape index (κ1) is 34.2. The standard InChI is InChI=1S/C35H47ClN4O5Si2/c1-35(2,3)47(8,9)45-29-20-43-32-28(19-42-33(29)32)44-34-24(18-37)31-27(40(34)21-41-14-15-46(5,6)7)17-25(36)30(38-31)23-10-11-26-22(16-23)12-13-39(26)4/h10-13,16-17,28-29,32-33H,14-15,19-21H2,1-9H3/t28-,29-,32-,33-/m1/s1. The Morgan fingerprint density at radius 3 is 2.40 bits per heavy atom. The van der Waals surface area contributed by atoms with E-state index in [9.17, 15) is 5.26 Å². The van der Waals surface area contributed by atoms with Crippen LogP contribution in [0.5, 0.6) is 5.88 Å². The third-order valence-corrected chi connectivity index (χ3v) is 16.4. The topological polar surface area (TPSA) is 92.7 Å². The maximum Gasteiger partial charge on any atom is 0.217 e. The third kappa shape index (κ3) is 6.66. The number of aromatic nitrogens is 3. The van der Waals surface area contributed by atoms with Gasteiger partial charge < -0.3 is 27.9 Å². The fourth-order valence-corrected chi connectivity index (χ4v) is 8.39. The molecule has 5 heterocycles. The van der Waals surface area contributed by atoms with Crippen LogP contribution in [0.25, 0.3) is 33.2 Å². The first-order valence-corrected chi connectivity index (χ1v) is 23.4. The molecule has 0 spiro atoms. The molecule has 4 aromatic rings. The highest BCUT2D eigenvalue weighted by Crippen LogP contribution is 2.42. The fourth-order valence-electron chi connectivity index (χ4n) is 6.06. The van der Waals surface area contributed by atoms with Crippen LogP contribution in [0.2, 0.25) is 48.8 Å². The summed E-state index contributed by atoms with van der Waals surface area (Å²) in [6.45, 7) is 19.7. The van der Waals surface area contributed by atoms with Gasteiger partial charge in [0.25, 0.3) is 0 Å². The summed E-state index contributed by atoms with van der Waals surface area (Å²) in [5.41, 5.74) is 4.14. The zero-order valence-corrected chi connectivity index (χ0v) is 31.8.